The van der Waals surface area contributed by atoms with Crippen LogP contribution in [0.3, 0.4) is 0 Å². The van der Waals surface area contributed by atoms with Gasteiger partial charge in [0.05, 0.1) is 17.1 Å². The van der Waals surface area contributed by atoms with Gasteiger partial charge in [-0.15, -0.1) is 0 Å². The van der Waals surface area contributed by atoms with Crippen LogP contribution in [-0.4, -0.2) is 45.9 Å². The Labute approximate surface area is 149 Å². The second-order valence-corrected chi connectivity index (χ2v) is 7.24. The van der Waals surface area contributed by atoms with E-state index in [1.165, 1.54) is 10.8 Å². The summed E-state index contributed by atoms with van der Waals surface area (Å²) in [6.45, 7) is 3.07. The van der Waals surface area contributed by atoms with Crippen molar-refractivity contribution in [1.82, 2.24) is 34.3 Å². The number of aliphatic hydroxyl groups excluding tert-OH is 1. The minimum absolute atomic E-state index is 0.155. The van der Waals surface area contributed by atoms with Crippen LogP contribution in [0.2, 0.25) is 0 Å². The third-order valence-corrected chi connectivity index (χ3v) is 5.19. The first kappa shape index (κ1) is 15.7. The van der Waals surface area contributed by atoms with Crippen molar-refractivity contribution < 1.29 is 5.11 Å². The normalized spacial score (nSPS) is 19.4. The molecule has 26 heavy (non-hydrogen) atoms. The molecule has 1 saturated carbocycles. The second-order valence-electron chi connectivity index (χ2n) is 7.24. The van der Waals surface area contributed by atoms with Crippen molar-refractivity contribution in [1.29, 1.82) is 0 Å². The van der Waals surface area contributed by atoms with Gasteiger partial charge in [0.25, 0.3) is 11.3 Å². The van der Waals surface area contributed by atoms with Gasteiger partial charge in [0.1, 0.15) is 12.4 Å². The van der Waals surface area contributed by atoms with Gasteiger partial charge in [0.2, 0.25) is 0 Å². The molecule has 0 radical (unpaired) electrons. The van der Waals surface area contributed by atoms with Crippen molar-refractivity contribution >= 4 is 5.78 Å². The molecule has 3 aromatic heterocycles. The van der Waals surface area contributed by atoms with Crippen LogP contribution in [0.1, 0.15) is 42.4 Å². The molecule has 0 amide bonds. The summed E-state index contributed by atoms with van der Waals surface area (Å²) >= 11 is 0. The van der Waals surface area contributed by atoms with Crippen molar-refractivity contribution in [3.63, 3.8) is 0 Å². The van der Waals surface area contributed by atoms with Crippen LogP contribution in [-0.2, 0) is 19.6 Å². The second kappa shape index (κ2) is 6.03. The highest BCUT2D eigenvalue weighted by molar-refractivity contribution is 5.26. The van der Waals surface area contributed by atoms with Crippen molar-refractivity contribution in [2.24, 2.45) is 5.92 Å². The molecule has 4 heterocycles. The number of aryl methyl sites for hydroxylation is 1. The number of nitrogens with zero attached hydrogens (tertiary/aromatic N) is 6. The molecule has 0 saturated heterocycles. The lowest BCUT2D eigenvalue weighted by Gasteiger charge is -2.18. The van der Waals surface area contributed by atoms with Gasteiger partial charge in [-0.2, -0.15) is 9.61 Å². The monoisotopic (exact) mass is 355 g/mol. The Kier molecular flexibility index (Phi) is 3.64. The summed E-state index contributed by atoms with van der Waals surface area (Å²) in [7, 11) is 0. The fraction of sp³-hybridized carbons (Fsp3) is 0.529. The Morgan fingerprint density at radius 1 is 1.31 bits per heavy atom. The molecule has 0 unspecified atom stereocenters. The van der Waals surface area contributed by atoms with Gasteiger partial charge in [-0.1, -0.05) is 0 Å². The van der Waals surface area contributed by atoms with E-state index < -0.39 is 6.10 Å². The molecule has 9 nitrogen and oxygen atoms in total. The Hall–Kier alpha value is -2.52. The number of aliphatic hydroxyl groups is 1. The van der Waals surface area contributed by atoms with Crippen molar-refractivity contribution in [2.75, 3.05) is 6.54 Å². The van der Waals surface area contributed by atoms with Gasteiger partial charge in [0, 0.05) is 32.2 Å². The van der Waals surface area contributed by atoms with Crippen LogP contribution in [0.4, 0.5) is 0 Å². The average molecular weight is 355 g/mol. The molecular formula is C17H21N7O2. The number of H-pyrrole nitrogens is 1. The van der Waals surface area contributed by atoms with E-state index in [2.05, 4.69) is 25.1 Å². The highest BCUT2D eigenvalue weighted by atomic mass is 16.3. The van der Waals surface area contributed by atoms with Crippen LogP contribution in [0.15, 0.2) is 23.3 Å². The zero-order valence-electron chi connectivity index (χ0n) is 14.4. The smallest absolute Gasteiger partial charge is 0.274 e. The van der Waals surface area contributed by atoms with E-state index in [0.717, 1.165) is 50.3 Å². The molecule has 1 atom stereocenters. The largest absolute Gasteiger partial charge is 0.386 e. The zero-order chi connectivity index (χ0) is 17.7. The molecule has 2 aliphatic rings. The molecule has 0 bridgehead atoms. The summed E-state index contributed by atoms with van der Waals surface area (Å²) < 4.78 is 3.34. The summed E-state index contributed by atoms with van der Waals surface area (Å²) in [4.78, 5) is 22.9. The molecule has 1 fully saturated rings. The van der Waals surface area contributed by atoms with Crippen molar-refractivity contribution in [3.8, 4) is 0 Å². The highest BCUT2D eigenvalue weighted by Gasteiger charge is 2.33. The Balaban J connectivity index is 1.37. The summed E-state index contributed by atoms with van der Waals surface area (Å²) in [5.74, 6) is 0.769. The molecule has 1 aliphatic heterocycles. The lowest BCUT2D eigenvalue weighted by Crippen LogP contribution is -2.25. The SMILES string of the molecule is O=c1cc(CN2CCCn3nc([C@H](O)C4CC4)cc3C2)nc2nc[nH]n12. The van der Waals surface area contributed by atoms with Crippen LogP contribution in [0, 0.1) is 5.92 Å². The van der Waals surface area contributed by atoms with E-state index in [0.29, 0.717) is 23.9 Å². The lowest BCUT2D eigenvalue weighted by atomic mass is 10.1. The Morgan fingerprint density at radius 3 is 3.04 bits per heavy atom. The average Bonchev–Trinajstić information content (AvgIpc) is 3.28. The van der Waals surface area contributed by atoms with Gasteiger partial charge < -0.3 is 5.11 Å². The van der Waals surface area contributed by atoms with Crippen LogP contribution in [0.25, 0.3) is 5.78 Å². The molecule has 2 N–H and O–H groups in total. The van der Waals surface area contributed by atoms with Crippen LogP contribution in [0.5, 0.6) is 0 Å². The highest BCUT2D eigenvalue weighted by Crippen LogP contribution is 2.40. The number of nitrogens with one attached hydrogen (secondary N) is 1. The van der Waals surface area contributed by atoms with Gasteiger partial charge in [-0.05, 0) is 31.2 Å². The summed E-state index contributed by atoms with van der Waals surface area (Å²) in [6.07, 6.45) is 4.17. The molecule has 5 rings (SSSR count). The molecule has 0 aromatic carbocycles. The lowest BCUT2D eigenvalue weighted by molar-refractivity contribution is 0.148. The third-order valence-electron chi connectivity index (χ3n) is 5.19. The molecule has 136 valence electrons. The summed E-state index contributed by atoms with van der Waals surface area (Å²) in [5, 5.41) is 17.7. The fourth-order valence-electron chi connectivity index (χ4n) is 3.66. The van der Waals surface area contributed by atoms with E-state index in [4.69, 9.17) is 0 Å². The summed E-state index contributed by atoms with van der Waals surface area (Å²) in [5.41, 5.74) is 2.46. The molecule has 1 aliphatic carbocycles. The molecule has 3 aromatic rings. The standard InChI is InChI=1S/C17H21N7O2/c25-15-6-12(20-17-18-10-19-24(15)17)8-22-4-1-5-23-13(9-22)7-14(21-23)16(26)11-2-3-11/h6-7,10-11,16,26H,1-5,8-9H2,(H,18,19,20)/t16-/m1/s1. The first-order valence-corrected chi connectivity index (χ1v) is 9.06. The maximum atomic E-state index is 12.1. The molecular weight excluding hydrogens is 334 g/mol. The van der Waals surface area contributed by atoms with Gasteiger partial charge >= 0.3 is 0 Å². The number of fused-ring (bicyclic) bond motifs is 2. The van der Waals surface area contributed by atoms with Crippen LogP contribution < -0.4 is 5.56 Å². The van der Waals surface area contributed by atoms with E-state index in [1.54, 1.807) is 6.07 Å². The minimum atomic E-state index is -0.438. The van der Waals surface area contributed by atoms with E-state index >= 15 is 0 Å². The van der Waals surface area contributed by atoms with Gasteiger partial charge in [0.15, 0.2) is 0 Å². The Bertz CT molecular complexity index is 1000. The van der Waals surface area contributed by atoms with E-state index in [1.807, 2.05) is 10.7 Å². The predicted molar refractivity (Wildman–Crippen MR) is 92.2 cm³/mol. The van der Waals surface area contributed by atoms with Crippen molar-refractivity contribution in [2.45, 2.75) is 45.0 Å². The number of rotatable bonds is 4. The third kappa shape index (κ3) is 2.82. The first-order chi connectivity index (χ1) is 12.7. The zero-order valence-corrected chi connectivity index (χ0v) is 14.4. The molecule has 9 heteroatoms. The number of aromatic nitrogens is 6. The topological polar surface area (TPSA) is 104 Å². The maximum absolute atomic E-state index is 12.1. The quantitative estimate of drug-likeness (QED) is 0.705. The first-order valence-electron chi connectivity index (χ1n) is 9.06. The van der Waals surface area contributed by atoms with Gasteiger partial charge in [-0.25, -0.2) is 9.97 Å². The Morgan fingerprint density at radius 2 is 2.19 bits per heavy atom. The predicted octanol–water partition coefficient (Wildman–Crippen LogP) is 0.463. The number of hydrogen-bond acceptors (Lipinski definition) is 6. The molecule has 0 spiro atoms. The summed E-state index contributed by atoms with van der Waals surface area (Å²) in [6, 6.07) is 3.58. The maximum Gasteiger partial charge on any atom is 0.274 e. The van der Waals surface area contributed by atoms with Gasteiger partial charge in [-0.3, -0.25) is 19.5 Å². The number of hydrogen-bond donors (Lipinski definition) is 2. The minimum Gasteiger partial charge on any atom is -0.386 e. The fourth-order valence-corrected chi connectivity index (χ4v) is 3.66. The van der Waals surface area contributed by atoms with Crippen molar-refractivity contribution in [3.05, 3.63) is 45.9 Å². The van der Waals surface area contributed by atoms with E-state index in [9.17, 15) is 9.90 Å². The number of aromatic amines is 1. The van der Waals surface area contributed by atoms with Crippen LogP contribution >= 0.6 is 0 Å². The van der Waals surface area contributed by atoms with E-state index in [-0.39, 0.29) is 5.56 Å².